The smallest absolute Gasteiger partial charge is 0.275 e. The molecule has 1 N–H and O–H groups in total. The summed E-state index contributed by atoms with van der Waals surface area (Å²) in [6.07, 6.45) is 1.59. The summed E-state index contributed by atoms with van der Waals surface area (Å²) in [4.78, 5) is 29.1. The largest absolute Gasteiger partial charge is 0.497 e. The van der Waals surface area contributed by atoms with Crippen LogP contribution in [0.1, 0.15) is 23.0 Å². The molecular weight excluding hydrogens is 430 g/mol. The van der Waals surface area contributed by atoms with Gasteiger partial charge >= 0.3 is 0 Å². The Kier molecular flexibility index (Phi) is 5.45. The van der Waals surface area contributed by atoms with E-state index in [9.17, 15) is 9.59 Å². The minimum atomic E-state index is -1.19. The van der Waals surface area contributed by atoms with Crippen molar-refractivity contribution in [1.82, 2.24) is 9.88 Å². The number of methoxy groups -OCH3 is 1. The van der Waals surface area contributed by atoms with Crippen LogP contribution in [0.15, 0.2) is 89.5 Å². The Morgan fingerprint density at radius 2 is 1.74 bits per heavy atom. The maximum atomic E-state index is 13.8. The number of fused-ring (bicyclic) bond motifs is 1. The minimum absolute atomic E-state index is 0.245. The molecule has 0 saturated carbocycles. The van der Waals surface area contributed by atoms with Crippen LogP contribution in [0.25, 0.3) is 11.5 Å². The molecule has 0 fully saturated rings. The maximum absolute atomic E-state index is 13.8. The molecule has 0 unspecified atom stereocenters. The van der Waals surface area contributed by atoms with Crippen LogP contribution in [0.5, 0.6) is 5.75 Å². The monoisotopic (exact) mass is 455 g/mol. The van der Waals surface area contributed by atoms with E-state index in [0.29, 0.717) is 29.4 Å². The first-order valence-electron chi connectivity index (χ1n) is 11.1. The summed E-state index contributed by atoms with van der Waals surface area (Å²) < 4.78 is 12.7. The van der Waals surface area contributed by atoms with Crippen LogP contribution in [0.2, 0.25) is 0 Å². The van der Waals surface area contributed by atoms with Gasteiger partial charge in [0.25, 0.3) is 5.91 Å². The van der Waals surface area contributed by atoms with Crippen LogP contribution in [0, 0.1) is 0 Å². The molecule has 7 heteroatoms. The number of hydrogen-bond donors (Lipinski definition) is 1. The number of hydrogen-bond acceptors (Lipinski definition) is 4. The highest BCUT2D eigenvalue weighted by Crippen LogP contribution is 2.37. The van der Waals surface area contributed by atoms with E-state index >= 15 is 0 Å². The van der Waals surface area contributed by atoms with Crippen LogP contribution in [0.4, 0.5) is 5.69 Å². The van der Waals surface area contributed by atoms with Crippen molar-refractivity contribution in [2.24, 2.45) is 0 Å². The van der Waals surface area contributed by atoms with Crippen molar-refractivity contribution >= 4 is 17.5 Å². The van der Waals surface area contributed by atoms with Crippen molar-refractivity contribution in [3.05, 3.63) is 96.4 Å². The number of furan rings is 1. The number of nitrogens with one attached hydrogen (secondary N) is 1. The highest BCUT2D eigenvalue weighted by atomic mass is 16.5. The van der Waals surface area contributed by atoms with Crippen molar-refractivity contribution in [2.75, 3.05) is 12.0 Å². The second-order valence-electron chi connectivity index (χ2n) is 8.45. The van der Waals surface area contributed by atoms with Gasteiger partial charge in [0.2, 0.25) is 5.91 Å². The maximum Gasteiger partial charge on any atom is 0.275 e. The van der Waals surface area contributed by atoms with Crippen molar-refractivity contribution in [3.8, 4) is 17.2 Å². The zero-order valence-corrected chi connectivity index (χ0v) is 19.0. The Balaban J connectivity index is 1.56. The quantitative estimate of drug-likeness (QED) is 0.465. The van der Waals surface area contributed by atoms with E-state index in [2.05, 4.69) is 5.32 Å². The third-order valence-corrected chi connectivity index (χ3v) is 6.25. The van der Waals surface area contributed by atoms with Crippen LogP contribution in [-0.4, -0.2) is 29.0 Å². The van der Waals surface area contributed by atoms with Crippen molar-refractivity contribution in [2.45, 2.75) is 25.6 Å². The van der Waals surface area contributed by atoms with Crippen molar-refractivity contribution in [1.29, 1.82) is 0 Å². The molecule has 34 heavy (non-hydrogen) atoms. The van der Waals surface area contributed by atoms with Gasteiger partial charge in [0.15, 0.2) is 0 Å². The Morgan fingerprint density at radius 1 is 1.00 bits per heavy atom. The van der Waals surface area contributed by atoms with Gasteiger partial charge in [-0.15, -0.1) is 0 Å². The molecule has 0 saturated heterocycles. The topological polar surface area (TPSA) is 76.7 Å². The highest BCUT2D eigenvalue weighted by molar-refractivity contribution is 6.12. The lowest BCUT2D eigenvalue weighted by Gasteiger charge is -2.44. The summed E-state index contributed by atoms with van der Waals surface area (Å²) in [5.74, 6) is 0.813. The van der Waals surface area contributed by atoms with Gasteiger partial charge in [-0.3, -0.25) is 14.5 Å². The first-order valence-corrected chi connectivity index (χ1v) is 11.1. The summed E-state index contributed by atoms with van der Waals surface area (Å²) in [7, 11) is 1.59. The molecule has 0 radical (unpaired) electrons. The summed E-state index contributed by atoms with van der Waals surface area (Å²) >= 11 is 0. The van der Waals surface area contributed by atoms with Gasteiger partial charge in [-0.2, -0.15) is 0 Å². The van der Waals surface area contributed by atoms with E-state index in [-0.39, 0.29) is 18.4 Å². The third-order valence-electron chi connectivity index (χ3n) is 6.25. The van der Waals surface area contributed by atoms with Crippen LogP contribution >= 0.6 is 0 Å². The number of benzene rings is 2. The fourth-order valence-corrected chi connectivity index (χ4v) is 4.46. The summed E-state index contributed by atoms with van der Waals surface area (Å²) in [6, 6.07) is 24.1. The molecule has 4 aromatic rings. The van der Waals surface area contributed by atoms with Crippen LogP contribution < -0.4 is 15.0 Å². The van der Waals surface area contributed by atoms with Gasteiger partial charge < -0.3 is 19.0 Å². The Labute approximate surface area is 197 Å². The molecule has 5 rings (SSSR count). The highest BCUT2D eigenvalue weighted by Gasteiger charge is 2.48. The molecule has 172 valence electrons. The fraction of sp³-hybridized carbons (Fsp3) is 0.185. The Hall–Kier alpha value is -4.26. The van der Waals surface area contributed by atoms with Crippen molar-refractivity contribution < 1.29 is 18.7 Å². The van der Waals surface area contributed by atoms with Gasteiger partial charge in [-0.05, 0) is 61.0 Å². The first-order chi connectivity index (χ1) is 16.5. The molecule has 1 atom stereocenters. The number of anilines is 1. The fourth-order valence-electron chi connectivity index (χ4n) is 4.46. The number of ether oxygens (including phenoxy) is 1. The molecule has 2 aromatic heterocycles. The SMILES string of the molecule is COc1ccc(N2C(=O)c3ccc(-c4ccco4)n3C[C@]2(C)C(=O)NCc2ccccc2)cc1. The van der Waals surface area contributed by atoms with E-state index in [1.807, 2.05) is 47.0 Å². The van der Waals surface area contributed by atoms with Crippen LogP contribution in [-0.2, 0) is 17.9 Å². The van der Waals surface area contributed by atoms with E-state index in [1.165, 1.54) is 0 Å². The number of carbonyl (C=O) groups excluding carboxylic acids is 2. The van der Waals surface area contributed by atoms with Gasteiger partial charge in [0.1, 0.15) is 22.7 Å². The van der Waals surface area contributed by atoms with E-state index < -0.39 is 5.54 Å². The molecule has 2 amide bonds. The molecule has 1 aliphatic rings. The lowest BCUT2D eigenvalue weighted by molar-refractivity contribution is -0.126. The number of carbonyl (C=O) groups is 2. The van der Waals surface area contributed by atoms with E-state index in [1.54, 1.807) is 61.6 Å². The van der Waals surface area contributed by atoms with Gasteiger partial charge in [-0.25, -0.2) is 0 Å². The Morgan fingerprint density at radius 3 is 2.41 bits per heavy atom. The van der Waals surface area contributed by atoms with Crippen LogP contribution in [0.3, 0.4) is 0 Å². The molecule has 1 aliphatic heterocycles. The van der Waals surface area contributed by atoms with E-state index in [0.717, 1.165) is 11.3 Å². The second-order valence-corrected chi connectivity index (χ2v) is 8.45. The molecule has 3 heterocycles. The number of nitrogens with zero attached hydrogens (tertiary/aromatic N) is 2. The van der Waals surface area contributed by atoms with Crippen molar-refractivity contribution in [3.63, 3.8) is 0 Å². The lowest BCUT2D eigenvalue weighted by atomic mass is 9.93. The third kappa shape index (κ3) is 3.65. The number of rotatable bonds is 6. The predicted molar refractivity (Wildman–Crippen MR) is 129 cm³/mol. The molecular formula is C27H25N3O4. The normalized spacial score (nSPS) is 17.4. The Bertz CT molecular complexity index is 1310. The molecule has 2 aromatic carbocycles. The average molecular weight is 456 g/mol. The average Bonchev–Trinajstić information content (AvgIpc) is 3.53. The van der Waals surface area contributed by atoms with Gasteiger partial charge in [0.05, 0.1) is 25.6 Å². The molecule has 0 bridgehead atoms. The molecule has 0 spiro atoms. The first kappa shape index (κ1) is 21.6. The zero-order valence-electron chi connectivity index (χ0n) is 19.0. The zero-order chi connectivity index (χ0) is 23.7. The molecule has 7 nitrogen and oxygen atoms in total. The summed E-state index contributed by atoms with van der Waals surface area (Å²) in [6.45, 7) is 2.43. The minimum Gasteiger partial charge on any atom is -0.497 e. The lowest BCUT2D eigenvalue weighted by Crippen LogP contribution is -2.64. The summed E-state index contributed by atoms with van der Waals surface area (Å²) in [5.41, 5.74) is 1.67. The number of amides is 2. The van der Waals surface area contributed by atoms with Gasteiger partial charge in [-0.1, -0.05) is 30.3 Å². The standard InChI is InChI=1S/C27H25N3O4/c1-27(26(32)28-17-19-7-4-3-5-8-19)18-29-22(24-9-6-16-34-24)14-15-23(29)25(31)30(27)20-10-12-21(33-2)13-11-20/h3-16H,17-18H2,1-2H3,(H,28,32)/t27-/m1/s1. The number of aromatic nitrogens is 1. The van der Waals surface area contributed by atoms with Gasteiger partial charge in [0, 0.05) is 12.2 Å². The second kappa shape index (κ2) is 8.59. The summed E-state index contributed by atoms with van der Waals surface area (Å²) in [5, 5.41) is 3.03. The molecule has 0 aliphatic carbocycles. The van der Waals surface area contributed by atoms with E-state index in [4.69, 9.17) is 9.15 Å². The predicted octanol–water partition coefficient (Wildman–Crippen LogP) is 4.49.